The van der Waals surface area contributed by atoms with Gasteiger partial charge in [0, 0.05) is 22.3 Å². The molecule has 0 bridgehead atoms. The first-order valence-corrected chi connectivity index (χ1v) is 7.09. The molecule has 0 radical (unpaired) electrons. The molecule has 0 aromatic heterocycles. The van der Waals surface area contributed by atoms with Crippen molar-refractivity contribution in [2.24, 2.45) is 0 Å². The van der Waals surface area contributed by atoms with Crippen LogP contribution < -0.4 is 0 Å². The minimum absolute atomic E-state index is 0.230. The molecule has 7 heteroatoms. The molecule has 0 fully saturated rings. The molecule has 2 aromatic carbocycles. The Hall–Kier alpha value is -1.59. The van der Waals surface area contributed by atoms with Crippen molar-refractivity contribution in [2.75, 3.05) is 0 Å². The summed E-state index contributed by atoms with van der Waals surface area (Å²) in [5.41, 5.74) is -1.16. The van der Waals surface area contributed by atoms with Crippen molar-refractivity contribution in [1.82, 2.24) is 0 Å². The number of alkyl halides is 2. The van der Waals surface area contributed by atoms with Crippen LogP contribution in [0.3, 0.4) is 0 Å². The number of carbonyl (C=O) groups is 1. The Balaban J connectivity index is 2.64. The third kappa shape index (κ3) is 2.83. The molecule has 0 amide bonds. The van der Waals surface area contributed by atoms with Crippen molar-refractivity contribution in [2.45, 2.75) is 11.8 Å². The largest absolute Gasteiger partial charge is 0.289 e. The second-order valence-corrected chi connectivity index (χ2v) is 4.91. The first-order valence-electron chi connectivity index (χ1n) is 6.02. The van der Waals surface area contributed by atoms with Gasteiger partial charge in [-0.25, -0.2) is 17.6 Å². The van der Waals surface area contributed by atoms with Crippen LogP contribution in [0.15, 0.2) is 24.3 Å². The maximum Gasteiger partial charge on any atom is 0.193 e. The van der Waals surface area contributed by atoms with E-state index < -0.39 is 40.8 Å². The zero-order valence-electron chi connectivity index (χ0n) is 10.9. The van der Waals surface area contributed by atoms with Gasteiger partial charge >= 0.3 is 0 Å². The van der Waals surface area contributed by atoms with Gasteiger partial charge in [-0.2, -0.15) is 0 Å². The van der Waals surface area contributed by atoms with E-state index >= 15 is 0 Å². The maximum atomic E-state index is 13.7. The minimum atomic E-state index is -1.25. The Kier molecular flexibility index (Phi) is 5.08. The average molecular weight is 351 g/mol. The summed E-state index contributed by atoms with van der Waals surface area (Å²) in [7, 11) is 0. The SMILES string of the molecule is O=C(c1ccc(F)c(F)c1CCl)c1ccc(F)c(F)c1CCl. The summed E-state index contributed by atoms with van der Waals surface area (Å²) < 4.78 is 53.8. The first kappa shape index (κ1) is 16.8. The van der Waals surface area contributed by atoms with E-state index in [9.17, 15) is 22.4 Å². The van der Waals surface area contributed by atoms with Gasteiger partial charge in [0.1, 0.15) is 0 Å². The first-order chi connectivity index (χ1) is 10.4. The summed E-state index contributed by atoms with van der Waals surface area (Å²) in [6.45, 7) is 0. The zero-order chi connectivity index (χ0) is 16.4. The normalized spacial score (nSPS) is 10.8. The van der Waals surface area contributed by atoms with Crippen LogP contribution in [0.2, 0.25) is 0 Å². The molecule has 2 rings (SSSR count). The molecule has 0 atom stereocenters. The lowest BCUT2D eigenvalue weighted by molar-refractivity contribution is 0.103. The highest BCUT2D eigenvalue weighted by atomic mass is 35.5. The Labute approximate surface area is 133 Å². The predicted molar refractivity (Wildman–Crippen MR) is 75.3 cm³/mol. The van der Waals surface area contributed by atoms with Gasteiger partial charge < -0.3 is 0 Å². The van der Waals surface area contributed by atoms with Crippen LogP contribution in [0.4, 0.5) is 17.6 Å². The average Bonchev–Trinajstić information content (AvgIpc) is 2.51. The molecular weight excluding hydrogens is 343 g/mol. The van der Waals surface area contributed by atoms with Crippen molar-refractivity contribution in [3.8, 4) is 0 Å². The van der Waals surface area contributed by atoms with E-state index in [1.54, 1.807) is 0 Å². The van der Waals surface area contributed by atoms with Crippen LogP contribution in [0.25, 0.3) is 0 Å². The van der Waals surface area contributed by atoms with Gasteiger partial charge in [-0.3, -0.25) is 4.79 Å². The molecular formula is C15H8Cl2F4O. The summed E-state index contributed by atoms with van der Waals surface area (Å²) in [6, 6.07) is 3.60. The lowest BCUT2D eigenvalue weighted by atomic mass is 9.95. The molecule has 1 nitrogen and oxygen atoms in total. The number of carbonyl (C=O) groups excluding carboxylic acids is 1. The van der Waals surface area contributed by atoms with Crippen molar-refractivity contribution in [3.63, 3.8) is 0 Å². The third-order valence-electron chi connectivity index (χ3n) is 3.15. The van der Waals surface area contributed by atoms with Crippen molar-refractivity contribution in [3.05, 3.63) is 69.8 Å². The number of hydrogen-bond acceptors (Lipinski definition) is 1. The van der Waals surface area contributed by atoms with Gasteiger partial charge in [0.25, 0.3) is 0 Å². The van der Waals surface area contributed by atoms with Crippen molar-refractivity contribution >= 4 is 29.0 Å². The van der Waals surface area contributed by atoms with Gasteiger partial charge in [-0.15, -0.1) is 23.2 Å². The molecule has 0 saturated carbocycles. The summed E-state index contributed by atoms with van der Waals surface area (Å²) >= 11 is 11.1. The molecule has 0 aliphatic carbocycles. The van der Waals surface area contributed by atoms with Crippen LogP contribution in [0.5, 0.6) is 0 Å². The van der Waals surface area contributed by atoms with E-state index in [1.165, 1.54) is 0 Å². The van der Waals surface area contributed by atoms with Crippen LogP contribution >= 0.6 is 23.2 Å². The van der Waals surface area contributed by atoms with Crippen molar-refractivity contribution in [1.29, 1.82) is 0 Å². The minimum Gasteiger partial charge on any atom is -0.289 e. The number of hydrogen-bond donors (Lipinski definition) is 0. The maximum absolute atomic E-state index is 13.7. The van der Waals surface area contributed by atoms with Crippen molar-refractivity contribution < 1.29 is 22.4 Å². The Morgan fingerprint density at radius 3 is 1.45 bits per heavy atom. The molecule has 0 spiro atoms. The molecule has 22 heavy (non-hydrogen) atoms. The van der Waals surface area contributed by atoms with Crippen LogP contribution in [-0.2, 0) is 11.8 Å². The van der Waals surface area contributed by atoms with E-state index in [0.717, 1.165) is 24.3 Å². The summed E-state index contributed by atoms with van der Waals surface area (Å²) in [5.74, 6) is -6.55. The van der Waals surface area contributed by atoms with Gasteiger partial charge in [0.05, 0.1) is 11.8 Å². The Morgan fingerprint density at radius 2 is 1.14 bits per heavy atom. The molecule has 0 unspecified atom stereocenters. The van der Waals surface area contributed by atoms with E-state index in [0.29, 0.717) is 0 Å². The second kappa shape index (κ2) is 6.67. The van der Waals surface area contributed by atoms with Crippen LogP contribution in [0, 0.1) is 23.3 Å². The van der Waals surface area contributed by atoms with Crippen LogP contribution in [0.1, 0.15) is 27.0 Å². The fourth-order valence-electron chi connectivity index (χ4n) is 2.02. The van der Waals surface area contributed by atoms with E-state index in [2.05, 4.69) is 0 Å². The number of benzene rings is 2. The third-order valence-corrected chi connectivity index (χ3v) is 3.68. The van der Waals surface area contributed by atoms with Crippen LogP contribution in [-0.4, -0.2) is 5.78 Å². The van der Waals surface area contributed by atoms with Gasteiger partial charge in [0.2, 0.25) is 0 Å². The lowest BCUT2D eigenvalue weighted by Gasteiger charge is -2.11. The van der Waals surface area contributed by atoms with Gasteiger partial charge in [-0.1, -0.05) is 0 Å². The molecule has 116 valence electrons. The highest BCUT2D eigenvalue weighted by Gasteiger charge is 2.23. The number of halogens is 6. The molecule has 0 aliphatic rings. The topological polar surface area (TPSA) is 17.1 Å². The standard InChI is InChI=1S/C15H8Cl2F4O/c16-5-9-7(1-3-11(18)13(9)20)15(22)8-2-4-12(19)14(21)10(8)6-17/h1-4H,5-6H2. The number of ketones is 1. The van der Waals surface area contributed by atoms with Gasteiger partial charge in [0.15, 0.2) is 29.1 Å². The fraction of sp³-hybridized carbons (Fsp3) is 0.133. The lowest BCUT2D eigenvalue weighted by Crippen LogP contribution is -2.11. The Bertz CT molecular complexity index is 685. The van der Waals surface area contributed by atoms with E-state index in [4.69, 9.17) is 23.2 Å². The molecule has 2 aromatic rings. The fourth-order valence-corrected chi connectivity index (χ4v) is 2.54. The quantitative estimate of drug-likeness (QED) is 0.433. The molecule has 0 N–H and O–H groups in total. The Morgan fingerprint density at radius 1 is 0.773 bits per heavy atom. The summed E-state index contributed by atoms with van der Waals surface area (Å²) in [5, 5.41) is 0. The summed E-state index contributed by atoms with van der Waals surface area (Å²) in [6.07, 6.45) is 0. The molecule has 0 saturated heterocycles. The van der Waals surface area contributed by atoms with E-state index in [-0.39, 0.29) is 22.3 Å². The molecule has 0 aliphatic heterocycles. The smallest absolute Gasteiger partial charge is 0.193 e. The highest BCUT2D eigenvalue weighted by Crippen LogP contribution is 2.26. The zero-order valence-corrected chi connectivity index (χ0v) is 12.4. The monoisotopic (exact) mass is 350 g/mol. The van der Waals surface area contributed by atoms with E-state index in [1.807, 2.05) is 0 Å². The highest BCUT2D eigenvalue weighted by molar-refractivity contribution is 6.20. The second-order valence-electron chi connectivity index (χ2n) is 4.37. The molecule has 0 heterocycles. The number of rotatable bonds is 4. The summed E-state index contributed by atoms with van der Waals surface area (Å²) in [4.78, 5) is 12.4. The predicted octanol–water partition coefficient (Wildman–Crippen LogP) is 4.95. The van der Waals surface area contributed by atoms with Gasteiger partial charge in [-0.05, 0) is 24.3 Å².